The zero-order chi connectivity index (χ0) is 19.0. The van der Waals surface area contributed by atoms with Crippen molar-refractivity contribution >= 4 is 11.4 Å². The maximum Gasteiger partial charge on any atom is 0.253 e. The molecule has 1 atom stereocenters. The number of rotatable bonds is 4. The number of aromatic nitrogens is 1. The van der Waals surface area contributed by atoms with Gasteiger partial charge in [0.25, 0.3) is 5.56 Å². The average Bonchev–Trinajstić information content (AvgIpc) is 3.04. The zero-order valence-electron chi connectivity index (χ0n) is 16.1. The second kappa shape index (κ2) is 7.37. The van der Waals surface area contributed by atoms with E-state index >= 15 is 0 Å². The van der Waals surface area contributed by atoms with Crippen LogP contribution in [0.3, 0.4) is 0 Å². The van der Waals surface area contributed by atoms with Crippen molar-refractivity contribution in [3.8, 4) is 0 Å². The minimum absolute atomic E-state index is 0.0152. The SMILES string of the molecule is Cc1cc(C2Nc3cc(CN)ccc3N2CC2CCOCC2)cn(C)c1=O. The fourth-order valence-corrected chi connectivity index (χ4v) is 4.17. The van der Waals surface area contributed by atoms with Crippen molar-refractivity contribution in [1.82, 2.24) is 4.57 Å². The summed E-state index contributed by atoms with van der Waals surface area (Å²) in [6, 6.07) is 8.42. The van der Waals surface area contributed by atoms with Crippen LogP contribution in [0.4, 0.5) is 11.4 Å². The van der Waals surface area contributed by atoms with E-state index in [1.54, 1.807) is 4.57 Å². The first-order chi connectivity index (χ1) is 13.1. The number of nitrogens with two attached hydrogens (primary N) is 1. The van der Waals surface area contributed by atoms with E-state index in [0.29, 0.717) is 12.5 Å². The van der Waals surface area contributed by atoms with Crippen molar-refractivity contribution in [2.75, 3.05) is 30.0 Å². The summed E-state index contributed by atoms with van der Waals surface area (Å²) in [6.07, 6.45) is 4.14. The molecule has 6 heteroatoms. The first kappa shape index (κ1) is 18.1. The van der Waals surface area contributed by atoms with Crippen LogP contribution in [0.1, 0.15) is 35.7 Å². The lowest BCUT2D eigenvalue weighted by atomic mass is 9.99. The highest BCUT2D eigenvalue weighted by Crippen LogP contribution is 2.42. The fraction of sp³-hybridized carbons (Fsp3) is 0.476. The summed E-state index contributed by atoms with van der Waals surface area (Å²) in [6.45, 7) is 5.06. The van der Waals surface area contributed by atoms with Crippen molar-refractivity contribution in [2.45, 2.75) is 32.5 Å². The van der Waals surface area contributed by atoms with Crippen LogP contribution >= 0.6 is 0 Å². The van der Waals surface area contributed by atoms with Crippen molar-refractivity contribution < 1.29 is 4.74 Å². The van der Waals surface area contributed by atoms with Crippen LogP contribution in [0.15, 0.2) is 35.3 Å². The van der Waals surface area contributed by atoms with Gasteiger partial charge in [0, 0.05) is 50.7 Å². The molecule has 1 unspecified atom stereocenters. The van der Waals surface area contributed by atoms with Gasteiger partial charge < -0.3 is 25.3 Å². The van der Waals surface area contributed by atoms with Gasteiger partial charge >= 0.3 is 0 Å². The summed E-state index contributed by atoms with van der Waals surface area (Å²) in [5.74, 6) is 0.608. The summed E-state index contributed by atoms with van der Waals surface area (Å²) in [4.78, 5) is 14.6. The molecule has 1 aromatic heterocycles. The van der Waals surface area contributed by atoms with E-state index in [0.717, 1.165) is 55.0 Å². The Kier molecular flexibility index (Phi) is 4.93. The molecule has 4 rings (SSSR count). The molecule has 144 valence electrons. The molecule has 3 N–H and O–H groups in total. The van der Waals surface area contributed by atoms with Gasteiger partial charge in [0.05, 0.1) is 11.4 Å². The van der Waals surface area contributed by atoms with Gasteiger partial charge in [-0.1, -0.05) is 6.07 Å². The van der Waals surface area contributed by atoms with E-state index in [1.165, 1.54) is 5.69 Å². The molecular weight excluding hydrogens is 340 g/mol. The van der Waals surface area contributed by atoms with E-state index in [1.807, 2.05) is 26.2 Å². The Morgan fingerprint density at radius 1 is 1.26 bits per heavy atom. The molecule has 1 fully saturated rings. The maximum atomic E-state index is 12.1. The molecule has 0 spiro atoms. The molecule has 27 heavy (non-hydrogen) atoms. The lowest BCUT2D eigenvalue weighted by molar-refractivity contribution is 0.0679. The van der Waals surface area contributed by atoms with Crippen molar-refractivity contribution in [3.63, 3.8) is 0 Å². The van der Waals surface area contributed by atoms with Crippen LogP contribution in [-0.4, -0.2) is 24.3 Å². The molecule has 0 radical (unpaired) electrons. The minimum atomic E-state index is 0.0152. The Morgan fingerprint density at radius 3 is 2.74 bits per heavy atom. The van der Waals surface area contributed by atoms with Gasteiger partial charge in [-0.05, 0) is 49.4 Å². The van der Waals surface area contributed by atoms with E-state index in [9.17, 15) is 4.79 Å². The lowest BCUT2D eigenvalue weighted by Crippen LogP contribution is -2.35. The molecule has 0 aliphatic carbocycles. The van der Waals surface area contributed by atoms with E-state index in [-0.39, 0.29) is 11.7 Å². The standard InChI is InChI=1S/C21H28N4O2/c1-14-9-17(13-24(2)21(14)26)20-23-18-10-16(11-22)3-4-19(18)25(20)12-15-5-7-27-8-6-15/h3-4,9-10,13,15,20,23H,5-8,11-12,22H2,1-2H3. The van der Waals surface area contributed by atoms with Crippen molar-refractivity contribution in [1.29, 1.82) is 0 Å². The van der Waals surface area contributed by atoms with Crippen LogP contribution in [0.5, 0.6) is 0 Å². The van der Waals surface area contributed by atoms with Crippen LogP contribution < -0.4 is 21.5 Å². The third kappa shape index (κ3) is 3.47. The molecule has 2 aliphatic rings. The number of fused-ring (bicyclic) bond motifs is 1. The topological polar surface area (TPSA) is 72.5 Å². The molecule has 6 nitrogen and oxygen atoms in total. The molecule has 0 saturated carbocycles. The highest BCUT2D eigenvalue weighted by molar-refractivity contribution is 5.77. The third-order valence-corrected chi connectivity index (χ3v) is 5.71. The van der Waals surface area contributed by atoms with Gasteiger partial charge in [-0.15, -0.1) is 0 Å². The molecule has 0 bridgehead atoms. The van der Waals surface area contributed by atoms with Gasteiger partial charge in [-0.3, -0.25) is 4.79 Å². The Bertz CT molecular complexity index is 860. The first-order valence-electron chi connectivity index (χ1n) is 9.68. The highest BCUT2D eigenvalue weighted by atomic mass is 16.5. The van der Waals surface area contributed by atoms with Gasteiger partial charge in [0.15, 0.2) is 0 Å². The predicted molar refractivity (Wildman–Crippen MR) is 108 cm³/mol. The fourth-order valence-electron chi connectivity index (χ4n) is 4.17. The molecule has 1 aromatic carbocycles. The van der Waals surface area contributed by atoms with Crippen LogP contribution in [0.2, 0.25) is 0 Å². The largest absolute Gasteiger partial charge is 0.381 e. The summed E-state index contributed by atoms with van der Waals surface area (Å²) >= 11 is 0. The molecule has 2 aliphatic heterocycles. The van der Waals surface area contributed by atoms with Gasteiger partial charge in [0.2, 0.25) is 0 Å². The van der Waals surface area contributed by atoms with Gasteiger partial charge in [-0.2, -0.15) is 0 Å². The summed E-state index contributed by atoms with van der Waals surface area (Å²) < 4.78 is 7.21. The van der Waals surface area contributed by atoms with Crippen LogP contribution in [0, 0.1) is 12.8 Å². The number of pyridine rings is 1. The first-order valence-corrected chi connectivity index (χ1v) is 9.68. The normalized spacial score (nSPS) is 19.8. The monoisotopic (exact) mass is 368 g/mol. The maximum absolute atomic E-state index is 12.1. The number of nitrogens with one attached hydrogen (secondary N) is 1. The second-order valence-corrected chi connectivity index (χ2v) is 7.68. The molecular formula is C21H28N4O2. The molecule has 2 aromatic rings. The zero-order valence-corrected chi connectivity index (χ0v) is 16.1. The number of anilines is 2. The van der Waals surface area contributed by atoms with E-state index < -0.39 is 0 Å². The number of aryl methyl sites for hydroxylation is 2. The molecule has 1 saturated heterocycles. The number of hydrogen-bond acceptors (Lipinski definition) is 5. The summed E-state index contributed by atoms with van der Waals surface area (Å²) in [5, 5.41) is 3.66. The average molecular weight is 368 g/mol. The molecule has 3 heterocycles. The quantitative estimate of drug-likeness (QED) is 0.868. The Labute approximate surface area is 159 Å². The lowest BCUT2D eigenvalue weighted by Gasteiger charge is -2.33. The highest BCUT2D eigenvalue weighted by Gasteiger charge is 2.32. The Morgan fingerprint density at radius 2 is 2.04 bits per heavy atom. The smallest absolute Gasteiger partial charge is 0.253 e. The van der Waals surface area contributed by atoms with Crippen LogP contribution in [-0.2, 0) is 18.3 Å². The number of hydrogen-bond donors (Lipinski definition) is 2. The Balaban J connectivity index is 1.71. The predicted octanol–water partition coefficient (Wildman–Crippen LogP) is 2.51. The number of nitrogens with zero attached hydrogens (tertiary/aromatic N) is 2. The Hall–Kier alpha value is -2.31. The van der Waals surface area contributed by atoms with Crippen molar-refractivity contribution in [3.05, 3.63) is 57.5 Å². The summed E-state index contributed by atoms with van der Waals surface area (Å²) in [5.41, 5.74) is 11.2. The van der Waals surface area contributed by atoms with Gasteiger partial charge in [-0.25, -0.2) is 0 Å². The van der Waals surface area contributed by atoms with Crippen molar-refractivity contribution in [2.24, 2.45) is 18.7 Å². The van der Waals surface area contributed by atoms with Crippen LogP contribution in [0.25, 0.3) is 0 Å². The third-order valence-electron chi connectivity index (χ3n) is 5.71. The van der Waals surface area contributed by atoms with E-state index in [2.05, 4.69) is 28.4 Å². The molecule has 0 amide bonds. The van der Waals surface area contributed by atoms with E-state index in [4.69, 9.17) is 10.5 Å². The number of ether oxygens (including phenoxy) is 1. The van der Waals surface area contributed by atoms with Gasteiger partial charge in [0.1, 0.15) is 6.17 Å². The minimum Gasteiger partial charge on any atom is -0.381 e. The summed E-state index contributed by atoms with van der Waals surface area (Å²) in [7, 11) is 1.82. The number of benzene rings is 1. The second-order valence-electron chi connectivity index (χ2n) is 7.68.